The zero-order valence-corrected chi connectivity index (χ0v) is 12.2. The van der Waals surface area contributed by atoms with Gasteiger partial charge in [0, 0.05) is 19.2 Å². The fourth-order valence-electron chi connectivity index (χ4n) is 1.81. The highest BCUT2D eigenvalue weighted by Gasteiger charge is 2.14. The van der Waals surface area contributed by atoms with Crippen LogP contribution in [0.15, 0.2) is 30.4 Å². The van der Waals surface area contributed by atoms with Gasteiger partial charge >= 0.3 is 5.97 Å². The lowest BCUT2D eigenvalue weighted by Crippen LogP contribution is -2.15. The Morgan fingerprint density at radius 1 is 1.37 bits per heavy atom. The summed E-state index contributed by atoms with van der Waals surface area (Å²) >= 11 is 0. The third-order valence-electron chi connectivity index (χ3n) is 3.05. The maximum absolute atomic E-state index is 10.3. The molecular formula is C16H23NO2. The minimum absolute atomic E-state index is 0.168. The lowest BCUT2D eigenvalue weighted by Gasteiger charge is -2.20. The first-order valence-corrected chi connectivity index (χ1v) is 6.51. The minimum atomic E-state index is -0.910. The van der Waals surface area contributed by atoms with Gasteiger partial charge in [0.1, 0.15) is 0 Å². The third kappa shape index (κ3) is 5.26. The molecule has 0 aliphatic rings. The second kappa shape index (κ2) is 6.53. The van der Waals surface area contributed by atoms with Gasteiger partial charge in [-0.2, -0.15) is 0 Å². The van der Waals surface area contributed by atoms with Crippen LogP contribution in [0.3, 0.4) is 0 Å². The SMILES string of the molecule is Cc1cc(C(C)(C)C)ccc1CNC/C=C/C(=O)O. The Kier molecular flexibility index (Phi) is 5.31. The van der Waals surface area contributed by atoms with Crippen LogP contribution >= 0.6 is 0 Å². The van der Waals surface area contributed by atoms with Crippen LogP contribution in [0.1, 0.15) is 37.5 Å². The van der Waals surface area contributed by atoms with Crippen molar-refractivity contribution in [3.8, 4) is 0 Å². The first-order valence-electron chi connectivity index (χ1n) is 6.51. The van der Waals surface area contributed by atoms with E-state index in [1.54, 1.807) is 6.08 Å². The molecule has 0 radical (unpaired) electrons. The Hall–Kier alpha value is -1.61. The Bertz CT molecular complexity index is 470. The number of hydrogen-bond acceptors (Lipinski definition) is 2. The minimum Gasteiger partial charge on any atom is -0.478 e. The number of benzene rings is 1. The Balaban J connectivity index is 2.59. The van der Waals surface area contributed by atoms with Gasteiger partial charge in [-0.25, -0.2) is 4.79 Å². The van der Waals surface area contributed by atoms with Crippen molar-refractivity contribution in [2.24, 2.45) is 0 Å². The second-order valence-corrected chi connectivity index (χ2v) is 5.76. The molecule has 3 nitrogen and oxygen atoms in total. The fraction of sp³-hybridized carbons (Fsp3) is 0.438. The van der Waals surface area contributed by atoms with Gasteiger partial charge in [-0.05, 0) is 29.0 Å². The lowest BCUT2D eigenvalue weighted by molar-refractivity contribution is -0.131. The maximum Gasteiger partial charge on any atom is 0.328 e. The molecule has 104 valence electrons. The number of aryl methyl sites for hydroxylation is 1. The third-order valence-corrected chi connectivity index (χ3v) is 3.05. The van der Waals surface area contributed by atoms with Gasteiger partial charge in [-0.1, -0.05) is 45.0 Å². The molecule has 0 saturated carbocycles. The van der Waals surface area contributed by atoms with Gasteiger partial charge in [-0.15, -0.1) is 0 Å². The summed E-state index contributed by atoms with van der Waals surface area (Å²) in [5, 5.41) is 11.7. The van der Waals surface area contributed by atoms with E-state index < -0.39 is 5.97 Å². The smallest absolute Gasteiger partial charge is 0.328 e. The van der Waals surface area contributed by atoms with Crippen LogP contribution in [0.4, 0.5) is 0 Å². The Morgan fingerprint density at radius 2 is 2.05 bits per heavy atom. The number of carboxylic acids is 1. The highest BCUT2D eigenvalue weighted by atomic mass is 16.4. The largest absolute Gasteiger partial charge is 0.478 e. The zero-order valence-electron chi connectivity index (χ0n) is 12.2. The molecule has 0 aromatic heterocycles. The highest BCUT2D eigenvalue weighted by molar-refractivity contribution is 5.79. The Morgan fingerprint density at radius 3 is 2.58 bits per heavy atom. The molecule has 2 N–H and O–H groups in total. The number of aliphatic carboxylic acids is 1. The van der Waals surface area contributed by atoms with E-state index >= 15 is 0 Å². The van der Waals surface area contributed by atoms with Gasteiger partial charge < -0.3 is 10.4 Å². The first kappa shape index (κ1) is 15.4. The summed E-state index contributed by atoms with van der Waals surface area (Å²) in [5.74, 6) is -0.910. The van der Waals surface area contributed by atoms with Gasteiger partial charge in [0.15, 0.2) is 0 Å². The second-order valence-electron chi connectivity index (χ2n) is 5.76. The summed E-state index contributed by atoms with van der Waals surface area (Å²) in [4.78, 5) is 10.3. The van der Waals surface area contributed by atoms with E-state index in [1.807, 2.05) is 0 Å². The van der Waals surface area contributed by atoms with Gasteiger partial charge in [-0.3, -0.25) is 0 Å². The molecule has 0 heterocycles. The van der Waals surface area contributed by atoms with Crippen molar-refractivity contribution in [2.75, 3.05) is 6.54 Å². The van der Waals surface area contributed by atoms with E-state index in [4.69, 9.17) is 5.11 Å². The fourth-order valence-corrected chi connectivity index (χ4v) is 1.81. The number of nitrogens with one attached hydrogen (secondary N) is 1. The molecule has 0 bridgehead atoms. The number of hydrogen-bond donors (Lipinski definition) is 2. The van der Waals surface area contributed by atoms with Crippen LogP contribution in [0, 0.1) is 6.92 Å². The molecule has 0 aliphatic carbocycles. The van der Waals surface area contributed by atoms with Crippen molar-refractivity contribution < 1.29 is 9.90 Å². The summed E-state index contributed by atoms with van der Waals surface area (Å²) in [6, 6.07) is 6.53. The van der Waals surface area contributed by atoms with E-state index in [2.05, 4.69) is 51.2 Å². The van der Waals surface area contributed by atoms with E-state index in [1.165, 1.54) is 16.7 Å². The maximum atomic E-state index is 10.3. The molecule has 0 saturated heterocycles. The number of carbonyl (C=O) groups is 1. The first-order chi connectivity index (χ1) is 8.80. The van der Waals surface area contributed by atoms with Crippen LogP contribution in [-0.4, -0.2) is 17.6 Å². The van der Waals surface area contributed by atoms with E-state index in [0.717, 1.165) is 12.6 Å². The molecule has 0 spiro atoms. The molecule has 1 aromatic rings. The molecule has 0 atom stereocenters. The van der Waals surface area contributed by atoms with E-state index in [9.17, 15) is 4.79 Å². The van der Waals surface area contributed by atoms with E-state index in [0.29, 0.717) is 6.54 Å². The summed E-state index contributed by atoms with van der Waals surface area (Å²) < 4.78 is 0. The molecular weight excluding hydrogens is 238 g/mol. The molecule has 19 heavy (non-hydrogen) atoms. The molecule has 0 amide bonds. The topological polar surface area (TPSA) is 49.3 Å². The van der Waals surface area contributed by atoms with Crippen LogP contribution in [0.25, 0.3) is 0 Å². The van der Waals surface area contributed by atoms with Crippen molar-refractivity contribution in [1.29, 1.82) is 0 Å². The monoisotopic (exact) mass is 261 g/mol. The highest BCUT2D eigenvalue weighted by Crippen LogP contribution is 2.24. The van der Waals surface area contributed by atoms with Crippen molar-refractivity contribution in [3.05, 3.63) is 47.0 Å². The molecule has 0 unspecified atom stereocenters. The van der Waals surface area contributed by atoms with Gasteiger partial charge in [0.25, 0.3) is 0 Å². The molecule has 3 heteroatoms. The average Bonchev–Trinajstić information content (AvgIpc) is 2.28. The standard InChI is InChI=1S/C16H23NO2/c1-12-10-14(16(2,3)4)8-7-13(12)11-17-9-5-6-15(18)19/h5-8,10,17H,9,11H2,1-4H3,(H,18,19)/b6-5+. The molecule has 0 aliphatic heterocycles. The number of rotatable bonds is 5. The van der Waals surface area contributed by atoms with Crippen molar-refractivity contribution in [1.82, 2.24) is 5.32 Å². The van der Waals surface area contributed by atoms with Crippen molar-refractivity contribution in [3.63, 3.8) is 0 Å². The molecule has 0 fully saturated rings. The normalized spacial score (nSPS) is 12.0. The van der Waals surface area contributed by atoms with Crippen LogP contribution < -0.4 is 5.32 Å². The van der Waals surface area contributed by atoms with Crippen LogP contribution in [-0.2, 0) is 16.8 Å². The molecule has 1 aromatic carbocycles. The quantitative estimate of drug-likeness (QED) is 0.632. The number of carboxylic acid groups (broad SMARTS) is 1. The summed E-state index contributed by atoms with van der Waals surface area (Å²) in [5.41, 5.74) is 4.01. The average molecular weight is 261 g/mol. The predicted octanol–water partition coefficient (Wildman–Crippen LogP) is 3.02. The van der Waals surface area contributed by atoms with Gasteiger partial charge in [0.2, 0.25) is 0 Å². The van der Waals surface area contributed by atoms with E-state index in [-0.39, 0.29) is 5.41 Å². The lowest BCUT2D eigenvalue weighted by atomic mass is 9.85. The zero-order chi connectivity index (χ0) is 14.5. The van der Waals surface area contributed by atoms with Crippen LogP contribution in [0.5, 0.6) is 0 Å². The summed E-state index contributed by atoms with van der Waals surface area (Å²) in [7, 11) is 0. The molecule has 1 rings (SSSR count). The summed E-state index contributed by atoms with van der Waals surface area (Å²) in [6.45, 7) is 10.0. The van der Waals surface area contributed by atoms with Crippen molar-refractivity contribution >= 4 is 5.97 Å². The predicted molar refractivity (Wildman–Crippen MR) is 78.4 cm³/mol. The van der Waals surface area contributed by atoms with Crippen LogP contribution in [0.2, 0.25) is 0 Å². The Labute approximate surface area is 115 Å². The van der Waals surface area contributed by atoms with Gasteiger partial charge in [0.05, 0.1) is 0 Å². The van der Waals surface area contributed by atoms with Crippen molar-refractivity contribution in [2.45, 2.75) is 39.7 Å². The summed E-state index contributed by atoms with van der Waals surface area (Å²) in [6.07, 6.45) is 2.77.